The number of hydrogen-bond donors (Lipinski definition) is 2. The first kappa shape index (κ1) is 13.6. The fourth-order valence-electron chi connectivity index (χ4n) is 1.71. The molecule has 0 spiro atoms. The van der Waals surface area contributed by atoms with Crippen LogP contribution in [0.1, 0.15) is 56.6 Å². The normalized spacial score (nSPS) is 14.9. The monoisotopic (exact) mass is 242 g/mol. The van der Waals surface area contributed by atoms with Crippen molar-refractivity contribution in [2.45, 2.75) is 57.6 Å². The lowest BCUT2D eigenvalue weighted by atomic mass is 10.0. The molecule has 16 heavy (non-hydrogen) atoms. The third kappa shape index (κ3) is 5.05. The minimum absolute atomic E-state index is 0.295. The lowest BCUT2D eigenvalue weighted by Gasteiger charge is -2.12. The van der Waals surface area contributed by atoms with Gasteiger partial charge in [0.1, 0.15) is 11.1 Å². The van der Waals surface area contributed by atoms with E-state index in [1.54, 1.807) is 6.20 Å². The summed E-state index contributed by atoms with van der Waals surface area (Å²) in [5.74, 6) is 0. The van der Waals surface area contributed by atoms with Crippen LogP contribution in [0.2, 0.25) is 0 Å². The topological polar surface area (TPSA) is 59.1 Å². The standard InChI is InChI=1S/C12H22N2OS/c1-2-3-5-10(13)6-4-7-11(15)12-14-8-9-16-12/h8-11,15H,2-7,13H2,1H3. The Morgan fingerprint density at radius 3 is 2.75 bits per heavy atom. The highest BCUT2D eigenvalue weighted by Crippen LogP contribution is 2.21. The molecule has 0 saturated carbocycles. The van der Waals surface area contributed by atoms with Crippen LogP contribution >= 0.6 is 11.3 Å². The van der Waals surface area contributed by atoms with Crippen LogP contribution in [0, 0.1) is 0 Å². The van der Waals surface area contributed by atoms with Crippen molar-refractivity contribution < 1.29 is 5.11 Å². The Balaban J connectivity index is 2.11. The molecular formula is C12H22N2OS. The summed E-state index contributed by atoms with van der Waals surface area (Å²) in [6.45, 7) is 2.18. The molecule has 2 atom stereocenters. The lowest BCUT2D eigenvalue weighted by Crippen LogP contribution is -2.19. The van der Waals surface area contributed by atoms with Crippen molar-refractivity contribution >= 4 is 11.3 Å². The number of hydrogen-bond acceptors (Lipinski definition) is 4. The van der Waals surface area contributed by atoms with E-state index in [1.165, 1.54) is 24.2 Å². The number of rotatable bonds is 8. The van der Waals surface area contributed by atoms with Crippen LogP contribution in [0.4, 0.5) is 0 Å². The molecule has 92 valence electrons. The van der Waals surface area contributed by atoms with Crippen molar-refractivity contribution in [1.82, 2.24) is 4.98 Å². The molecule has 0 amide bonds. The van der Waals surface area contributed by atoms with Crippen LogP contribution in [0.5, 0.6) is 0 Å². The fraction of sp³-hybridized carbons (Fsp3) is 0.750. The summed E-state index contributed by atoms with van der Waals surface area (Å²) < 4.78 is 0. The van der Waals surface area contributed by atoms with Crippen molar-refractivity contribution in [1.29, 1.82) is 0 Å². The fourth-order valence-corrected chi connectivity index (χ4v) is 2.36. The molecule has 1 aromatic rings. The Morgan fingerprint density at radius 2 is 2.12 bits per heavy atom. The number of aliphatic hydroxyl groups excluding tert-OH is 1. The van der Waals surface area contributed by atoms with Crippen molar-refractivity contribution in [2.24, 2.45) is 5.73 Å². The van der Waals surface area contributed by atoms with Crippen molar-refractivity contribution in [3.05, 3.63) is 16.6 Å². The van der Waals surface area contributed by atoms with Crippen LogP contribution in [0.15, 0.2) is 11.6 Å². The summed E-state index contributed by atoms with van der Waals surface area (Å²) in [4.78, 5) is 4.10. The van der Waals surface area contributed by atoms with Gasteiger partial charge in [-0.2, -0.15) is 0 Å². The minimum atomic E-state index is -0.404. The van der Waals surface area contributed by atoms with Crippen LogP contribution < -0.4 is 5.73 Å². The first-order valence-corrected chi connectivity index (χ1v) is 6.95. The Morgan fingerprint density at radius 1 is 1.38 bits per heavy atom. The van der Waals surface area contributed by atoms with E-state index in [9.17, 15) is 5.11 Å². The van der Waals surface area contributed by atoms with Crippen LogP contribution in [-0.2, 0) is 0 Å². The van der Waals surface area contributed by atoms with Crippen LogP contribution in [-0.4, -0.2) is 16.1 Å². The molecule has 0 bridgehead atoms. The number of aliphatic hydroxyl groups is 1. The van der Waals surface area contributed by atoms with Crippen LogP contribution in [0.25, 0.3) is 0 Å². The van der Waals surface area contributed by atoms with E-state index in [0.29, 0.717) is 6.04 Å². The smallest absolute Gasteiger partial charge is 0.121 e. The second-order valence-electron chi connectivity index (χ2n) is 4.22. The number of unbranched alkanes of at least 4 members (excludes halogenated alkanes) is 1. The third-order valence-corrected chi connectivity index (χ3v) is 3.59. The van der Waals surface area contributed by atoms with E-state index >= 15 is 0 Å². The quantitative estimate of drug-likeness (QED) is 0.737. The maximum absolute atomic E-state index is 9.81. The van der Waals surface area contributed by atoms with Crippen molar-refractivity contribution in [3.8, 4) is 0 Å². The summed E-state index contributed by atoms with van der Waals surface area (Å²) in [6.07, 6.45) is 7.59. The predicted molar refractivity (Wildman–Crippen MR) is 68.4 cm³/mol. The molecule has 0 aliphatic heterocycles. The van der Waals surface area contributed by atoms with Crippen LogP contribution in [0.3, 0.4) is 0 Å². The molecular weight excluding hydrogens is 220 g/mol. The van der Waals surface area contributed by atoms with E-state index in [0.717, 1.165) is 30.7 Å². The molecule has 0 fully saturated rings. The largest absolute Gasteiger partial charge is 0.386 e. The van der Waals surface area contributed by atoms with Gasteiger partial charge < -0.3 is 10.8 Å². The second kappa shape index (κ2) is 7.76. The molecule has 1 aromatic heterocycles. The van der Waals surface area contributed by atoms with E-state index in [1.807, 2.05) is 5.38 Å². The van der Waals surface area contributed by atoms with Gasteiger partial charge in [0, 0.05) is 17.6 Å². The molecule has 3 N–H and O–H groups in total. The highest BCUT2D eigenvalue weighted by atomic mass is 32.1. The molecule has 0 saturated heterocycles. The van der Waals surface area contributed by atoms with Gasteiger partial charge in [0.15, 0.2) is 0 Å². The molecule has 0 radical (unpaired) electrons. The lowest BCUT2D eigenvalue weighted by molar-refractivity contribution is 0.162. The maximum atomic E-state index is 9.81. The van der Waals surface area contributed by atoms with E-state index in [2.05, 4.69) is 11.9 Å². The highest BCUT2D eigenvalue weighted by molar-refractivity contribution is 7.09. The number of nitrogens with two attached hydrogens (primary N) is 1. The molecule has 1 heterocycles. The number of thiazole rings is 1. The average Bonchev–Trinajstić information content (AvgIpc) is 2.79. The predicted octanol–water partition coefficient (Wildman–Crippen LogP) is 2.86. The van der Waals surface area contributed by atoms with Gasteiger partial charge in [0.25, 0.3) is 0 Å². The molecule has 2 unspecified atom stereocenters. The Kier molecular flexibility index (Phi) is 6.61. The Hall–Kier alpha value is -0.450. The van der Waals surface area contributed by atoms with E-state index in [4.69, 9.17) is 5.73 Å². The number of aromatic nitrogens is 1. The third-order valence-electron chi connectivity index (χ3n) is 2.72. The average molecular weight is 242 g/mol. The van der Waals surface area contributed by atoms with Gasteiger partial charge in [-0.05, 0) is 25.7 Å². The zero-order valence-corrected chi connectivity index (χ0v) is 10.7. The first-order chi connectivity index (χ1) is 7.74. The molecule has 0 aliphatic rings. The summed E-state index contributed by atoms with van der Waals surface area (Å²) in [7, 11) is 0. The van der Waals surface area contributed by atoms with Crippen molar-refractivity contribution in [3.63, 3.8) is 0 Å². The first-order valence-electron chi connectivity index (χ1n) is 6.07. The Bertz CT molecular complexity index is 264. The van der Waals surface area contributed by atoms with Gasteiger partial charge >= 0.3 is 0 Å². The molecule has 0 aromatic carbocycles. The molecule has 4 heteroatoms. The zero-order chi connectivity index (χ0) is 11.8. The minimum Gasteiger partial charge on any atom is -0.386 e. The van der Waals surface area contributed by atoms with Gasteiger partial charge in [-0.15, -0.1) is 11.3 Å². The zero-order valence-electron chi connectivity index (χ0n) is 9.93. The van der Waals surface area contributed by atoms with Gasteiger partial charge in [-0.1, -0.05) is 19.8 Å². The summed E-state index contributed by atoms with van der Waals surface area (Å²) in [5, 5.41) is 12.5. The summed E-state index contributed by atoms with van der Waals surface area (Å²) in [6, 6.07) is 0.295. The van der Waals surface area contributed by atoms with Gasteiger partial charge in [0.2, 0.25) is 0 Å². The summed E-state index contributed by atoms with van der Waals surface area (Å²) in [5.41, 5.74) is 5.97. The Labute approximate surface area is 102 Å². The highest BCUT2D eigenvalue weighted by Gasteiger charge is 2.10. The SMILES string of the molecule is CCCCC(N)CCCC(O)c1nccs1. The van der Waals surface area contributed by atoms with E-state index in [-0.39, 0.29) is 0 Å². The summed E-state index contributed by atoms with van der Waals surface area (Å²) >= 11 is 1.51. The van der Waals surface area contributed by atoms with Gasteiger partial charge in [-0.25, -0.2) is 4.98 Å². The van der Waals surface area contributed by atoms with Crippen molar-refractivity contribution in [2.75, 3.05) is 0 Å². The molecule has 3 nitrogen and oxygen atoms in total. The molecule has 1 rings (SSSR count). The van der Waals surface area contributed by atoms with Gasteiger partial charge in [0.05, 0.1) is 0 Å². The van der Waals surface area contributed by atoms with E-state index < -0.39 is 6.10 Å². The molecule has 0 aliphatic carbocycles. The second-order valence-corrected chi connectivity index (χ2v) is 5.15. The van der Waals surface area contributed by atoms with Gasteiger partial charge in [-0.3, -0.25) is 0 Å². The number of nitrogens with zero attached hydrogens (tertiary/aromatic N) is 1. The maximum Gasteiger partial charge on any atom is 0.121 e.